The highest BCUT2D eigenvalue weighted by atomic mass is 32.1. The van der Waals surface area contributed by atoms with Gasteiger partial charge < -0.3 is 11.1 Å². The first-order chi connectivity index (χ1) is 7.99. The Morgan fingerprint density at radius 3 is 2.47 bits per heavy atom. The van der Waals surface area contributed by atoms with Crippen LogP contribution in [-0.4, -0.2) is 16.0 Å². The molecule has 0 atom stereocenters. The van der Waals surface area contributed by atoms with E-state index in [0.717, 1.165) is 35.5 Å². The van der Waals surface area contributed by atoms with Gasteiger partial charge in [0, 0.05) is 23.1 Å². The molecule has 0 amide bonds. The van der Waals surface area contributed by atoms with E-state index in [0.29, 0.717) is 11.0 Å². The van der Waals surface area contributed by atoms with Gasteiger partial charge in [-0.3, -0.25) is 4.98 Å². The summed E-state index contributed by atoms with van der Waals surface area (Å²) in [5, 5.41) is 3.50. The molecule has 1 aromatic rings. The maximum Gasteiger partial charge on any atom is 0.107 e. The van der Waals surface area contributed by atoms with Gasteiger partial charge in [-0.2, -0.15) is 0 Å². The molecule has 0 spiro atoms. The van der Waals surface area contributed by atoms with Gasteiger partial charge in [-0.15, -0.1) is 0 Å². The maximum atomic E-state index is 5.78. The van der Waals surface area contributed by atoms with Crippen LogP contribution in [0, 0.1) is 13.8 Å². The number of aryl methyl sites for hydroxylation is 2. The second kappa shape index (κ2) is 5.96. The van der Waals surface area contributed by atoms with Gasteiger partial charge in [0.15, 0.2) is 0 Å². The molecule has 0 radical (unpaired) electrons. The zero-order valence-corrected chi connectivity index (χ0v) is 11.8. The third-order valence-electron chi connectivity index (χ3n) is 2.92. The molecule has 4 heteroatoms. The minimum Gasteiger partial charge on any atom is -0.389 e. The number of rotatable bonds is 5. The van der Waals surface area contributed by atoms with E-state index in [2.05, 4.69) is 24.1 Å². The van der Waals surface area contributed by atoms with Gasteiger partial charge in [0.25, 0.3) is 0 Å². The van der Waals surface area contributed by atoms with Crippen LogP contribution >= 0.6 is 12.2 Å². The molecule has 1 rings (SSSR count). The number of anilines is 1. The van der Waals surface area contributed by atoms with Crippen molar-refractivity contribution in [2.24, 2.45) is 5.73 Å². The summed E-state index contributed by atoms with van der Waals surface area (Å²) in [4.78, 5) is 4.81. The van der Waals surface area contributed by atoms with Crippen LogP contribution in [0.25, 0.3) is 0 Å². The van der Waals surface area contributed by atoms with E-state index in [1.165, 1.54) is 0 Å². The van der Waals surface area contributed by atoms with Crippen molar-refractivity contribution in [1.82, 2.24) is 4.98 Å². The smallest absolute Gasteiger partial charge is 0.107 e. The Labute approximate surface area is 109 Å². The summed E-state index contributed by atoms with van der Waals surface area (Å²) in [5.41, 5.74) is 9.54. The van der Waals surface area contributed by atoms with Gasteiger partial charge in [0.05, 0.1) is 5.56 Å². The molecular weight excluding hydrogens is 230 g/mol. The number of aromatic nitrogens is 1. The lowest BCUT2D eigenvalue weighted by Crippen LogP contribution is -2.22. The van der Waals surface area contributed by atoms with E-state index >= 15 is 0 Å². The highest BCUT2D eigenvalue weighted by Crippen LogP contribution is 2.21. The van der Waals surface area contributed by atoms with Crippen molar-refractivity contribution in [2.75, 3.05) is 5.32 Å². The van der Waals surface area contributed by atoms with Crippen LogP contribution in [0.1, 0.15) is 43.6 Å². The number of nitrogens with one attached hydrogen (secondary N) is 1. The Morgan fingerprint density at radius 1 is 1.41 bits per heavy atom. The van der Waals surface area contributed by atoms with Crippen LogP contribution in [0.15, 0.2) is 6.07 Å². The molecule has 0 unspecified atom stereocenters. The SMILES string of the molecule is CCC(CC)Nc1cc(C)nc(C)c1C(N)=S. The molecule has 0 aromatic carbocycles. The lowest BCUT2D eigenvalue weighted by molar-refractivity contribution is 0.671. The molecule has 0 aliphatic carbocycles. The van der Waals surface area contributed by atoms with Gasteiger partial charge in [0.1, 0.15) is 4.99 Å². The fourth-order valence-corrected chi connectivity index (χ4v) is 2.22. The number of thiocarbonyl (C=S) groups is 1. The van der Waals surface area contributed by atoms with Crippen molar-refractivity contribution in [1.29, 1.82) is 0 Å². The minimum atomic E-state index is 0.406. The van der Waals surface area contributed by atoms with Crippen molar-refractivity contribution >= 4 is 22.9 Å². The molecule has 1 aromatic heterocycles. The number of pyridine rings is 1. The van der Waals surface area contributed by atoms with Crippen molar-refractivity contribution in [3.05, 3.63) is 23.0 Å². The topological polar surface area (TPSA) is 50.9 Å². The Kier molecular flexibility index (Phi) is 4.87. The summed E-state index contributed by atoms with van der Waals surface area (Å²) in [6, 6.07) is 2.46. The second-order valence-electron chi connectivity index (χ2n) is 4.29. The molecule has 0 saturated heterocycles. The summed E-state index contributed by atoms with van der Waals surface area (Å²) in [6.07, 6.45) is 2.15. The molecule has 0 bridgehead atoms. The van der Waals surface area contributed by atoms with E-state index in [9.17, 15) is 0 Å². The summed E-state index contributed by atoms with van der Waals surface area (Å²) in [7, 11) is 0. The summed E-state index contributed by atoms with van der Waals surface area (Å²) in [5.74, 6) is 0. The average molecular weight is 251 g/mol. The maximum absolute atomic E-state index is 5.78. The first kappa shape index (κ1) is 13.9. The fraction of sp³-hybridized carbons (Fsp3) is 0.538. The van der Waals surface area contributed by atoms with Crippen LogP contribution in [0.5, 0.6) is 0 Å². The first-order valence-corrected chi connectivity index (χ1v) is 6.44. The van der Waals surface area contributed by atoms with E-state index in [1.54, 1.807) is 0 Å². The van der Waals surface area contributed by atoms with E-state index < -0.39 is 0 Å². The monoisotopic (exact) mass is 251 g/mol. The lowest BCUT2D eigenvalue weighted by atomic mass is 10.1. The number of nitrogens with two attached hydrogens (primary N) is 1. The summed E-state index contributed by atoms with van der Waals surface area (Å²) >= 11 is 5.10. The number of hydrogen-bond acceptors (Lipinski definition) is 3. The van der Waals surface area contributed by atoms with Crippen LogP contribution in [0.2, 0.25) is 0 Å². The normalized spacial score (nSPS) is 10.6. The third kappa shape index (κ3) is 3.40. The Hall–Kier alpha value is -1.16. The second-order valence-corrected chi connectivity index (χ2v) is 4.73. The standard InChI is InChI=1S/C13H21N3S/c1-5-10(6-2)16-11-7-8(3)15-9(4)12(11)13(14)17/h7,10H,5-6H2,1-4H3,(H2,14,17)(H,15,16). The average Bonchev–Trinajstić information content (AvgIpc) is 2.24. The van der Waals surface area contributed by atoms with Gasteiger partial charge >= 0.3 is 0 Å². The first-order valence-electron chi connectivity index (χ1n) is 6.04. The summed E-state index contributed by atoms with van der Waals surface area (Å²) in [6.45, 7) is 8.26. The van der Waals surface area contributed by atoms with Crippen molar-refractivity contribution in [3.8, 4) is 0 Å². The fourth-order valence-electron chi connectivity index (χ4n) is 1.97. The Balaban J connectivity index is 3.16. The van der Waals surface area contributed by atoms with Crippen LogP contribution < -0.4 is 11.1 Å². The highest BCUT2D eigenvalue weighted by molar-refractivity contribution is 7.80. The van der Waals surface area contributed by atoms with Gasteiger partial charge in [-0.05, 0) is 32.8 Å². The zero-order valence-electron chi connectivity index (χ0n) is 11.0. The lowest BCUT2D eigenvalue weighted by Gasteiger charge is -2.20. The molecule has 3 nitrogen and oxygen atoms in total. The largest absolute Gasteiger partial charge is 0.389 e. The zero-order chi connectivity index (χ0) is 13.0. The molecule has 0 aliphatic heterocycles. The molecule has 3 N–H and O–H groups in total. The minimum absolute atomic E-state index is 0.406. The molecule has 1 heterocycles. The Bertz CT molecular complexity index is 411. The van der Waals surface area contributed by atoms with Crippen LogP contribution in [-0.2, 0) is 0 Å². The highest BCUT2D eigenvalue weighted by Gasteiger charge is 2.13. The van der Waals surface area contributed by atoms with Crippen molar-refractivity contribution in [2.45, 2.75) is 46.6 Å². The molecule has 94 valence electrons. The Morgan fingerprint density at radius 2 is 2.00 bits per heavy atom. The number of nitrogens with zero attached hydrogens (tertiary/aromatic N) is 1. The van der Waals surface area contributed by atoms with Crippen molar-refractivity contribution in [3.63, 3.8) is 0 Å². The van der Waals surface area contributed by atoms with Gasteiger partial charge in [-0.1, -0.05) is 26.1 Å². The molecule has 0 fully saturated rings. The third-order valence-corrected chi connectivity index (χ3v) is 3.12. The van der Waals surface area contributed by atoms with E-state index in [4.69, 9.17) is 18.0 Å². The quantitative estimate of drug-likeness (QED) is 0.790. The van der Waals surface area contributed by atoms with Gasteiger partial charge in [0.2, 0.25) is 0 Å². The van der Waals surface area contributed by atoms with Crippen LogP contribution in [0.4, 0.5) is 5.69 Å². The predicted octanol–water partition coefficient (Wildman–Crippen LogP) is 2.93. The number of hydrogen-bond donors (Lipinski definition) is 2. The molecule has 0 saturated carbocycles. The molecule has 0 aliphatic rings. The van der Waals surface area contributed by atoms with Crippen molar-refractivity contribution < 1.29 is 0 Å². The molecular formula is C13H21N3S. The van der Waals surface area contributed by atoms with E-state index in [-0.39, 0.29) is 0 Å². The van der Waals surface area contributed by atoms with Gasteiger partial charge in [-0.25, -0.2) is 0 Å². The predicted molar refractivity (Wildman–Crippen MR) is 77.6 cm³/mol. The van der Waals surface area contributed by atoms with E-state index in [1.807, 2.05) is 19.9 Å². The van der Waals surface area contributed by atoms with Crippen LogP contribution in [0.3, 0.4) is 0 Å². The molecule has 17 heavy (non-hydrogen) atoms. The summed E-state index contributed by atoms with van der Waals surface area (Å²) < 4.78 is 0.